The van der Waals surface area contributed by atoms with Crippen LogP contribution in [0.15, 0.2) is 59.8 Å². The SMILES string of the molecule is O=C(NCc1ccccc1)Sc1nnc(CN2CCOCC2)n1-c1ccc(Cl)cc1. The minimum atomic E-state index is -0.181. The number of amides is 1. The van der Waals surface area contributed by atoms with Crippen LogP contribution in [0.5, 0.6) is 0 Å². The summed E-state index contributed by atoms with van der Waals surface area (Å²) in [5, 5.41) is 12.6. The van der Waals surface area contributed by atoms with Crippen molar-refractivity contribution < 1.29 is 9.53 Å². The van der Waals surface area contributed by atoms with Gasteiger partial charge in [0, 0.05) is 42.1 Å². The van der Waals surface area contributed by atoms with Crippen molar-refractivity contribution in [2.24, 2.45) is 0 Å². The lowest BCUT2D eigenvalue weighted by Gasteiger charge is -2.26. The van der Waals surface area contributed by atoms with Crippen molar-refractivity contribution in [3.8, 4) is 5.69 Å². The molecular formula is C21H22ClN5O2S. The number of nitrogens with zero attached hydrogens (tertiary/aromatic N) is 4. The van der Waals surface area contributed by atoms with E-state index in [0.717, 1.165) is 41.9 Å². The molecule has 2 heterocycles. The molecule has 1 saturated heterocycles. The van der Waals surface area contributed by atoms with Gasteiger partial charge in [0.15, 0.2) is 5.82 Å². The summed E-state index contributed by atoms with van der Waals surface area (Å²) in [7, 11) is 0. The smallest absolute Gasteiger partial charge is 0.287 e. The number of carbonyl (C=O) groups is 1. The Labute approximate surface area is 184 Å². The first kappa shape index (κ1) is 20.9. The van der Waals surface area contributed by atoms with Crippen LogP contribution in [0.2, 0.25) is 5.02 Å². The molecule has 0 unspecified atom stereocenters. The van der Waals surface area contributed by atoms with E-state index in [1.807, 2.05) is 59.2 Å². The second-order valence-electron chi connectivity index (χ2n) is 6.83. The van der Waals surface area contributed by atoms with Crippen molar-refractivity contribution in [1.29, 1.82) is 0 Å². The molecule has 0 aliphatic carbocycles. The van der Waals surface area contributed by atoms with Gasteiger partial charge in [-0.3, -0.25) is 14.3 Å². The molecule has 1 aliphatic rings. The Bertz CT molecular complexity index is 975. The Morgan fingerprint density at radius 2 is 1.80 bits per heavy atom. The van der Waals surface area contributed by atoms with E-state index in [9.17, 15) is 4.79 Å². The van der Waals surface area contributed by atoms with E-state index >= 15 is 0 Å². The third-order valence-electron chi connectivity index (χ3n) is 4.72. The molecule has 1 fully saturated rings. The van der Waals surface area contributed by atoms with Crippen molar-refractivity contribution in [3.63, 3.8) is 0 Å². The fourth-order valence-electron chi connectivity index (χ4n) is 3.17. The van der Waals surface area contributed by atoms with Crippen LogP contribution in [0.4, 0.5) is 4.79 Å². The number of hydrogen-bond acceptors (Lipinski definition) is 6. The topological polar surface area (TPSA) is 72.3 Å². The fraction of sp³-hybridized carbons (Fsp3) is 0.286. The fourth-order valence-corrected chi connectivity index (χ4v) is 3.99. The molecule has 3 aromatic rings. The van der Waals surface area contributed by atoms with E-state index in [-0.39, 0.29) is 5.24 Å². The second kappa shape index (κ2) is 10.1. The lowest BCUT2D eigenvalue weighted by molar-refractivity contribution is 0.0328. The minimum absolute atomic E-state index is 0.181. The van der Waals surface area contributed by atoms with Crippen LogP contribution in [0.1, 0.15) is 11.4 Å². The molecule has 4 rings (SSSR count). The van der Waals surface area contributed by atoms with Crippen molar-refractivity contribution >= 4 is 28.6 Å². The van der Waals surface area contributed by atoms with Crippen LogP contribution in [0, 0.1) is 0 Å². The summed E-state index contributed by atoms with van der Waals surface area (Å²) >= 11 is 7.09. The van der Waals surface area contributed by atoms with Crippen LogP contribution in [-0.2, 0) is 17.8 Å². The first-order valence-electron chi connectivity index (χ1n) is 9.69. The molecular weight excluding hydrogens is 422 g/mol. The number of benzene rings is 2. The molecule has 0 spiro atoms. The monoisotopic (exact) mass is 443 g/mol. The Hall–Kier alpha value is -2.39. The van der Waals surface area contributed by atoms with Crippen LogP contribution >= 0.6 is 23.4 Å². The summed E-state index contributed by atoms with van der Waals surface area (Å²) in [6.07, 6.45) is 0. The lowest BCUT2D eigenvalue weighted by atomic mass is 10.2. The molecule has 9 heteroatoms. The summed E-state index contributed by atoms with van der Waals surface area (Å²) in [4.78, 5) is 14.8. The standard InChI is InChI=1S/C21H22ClN5O2S/c22-17-6-8-18(9-7-17)27-19(15-26-10-12-29-13-11-26)24-25-20(27)30-21(28)23-14-16-4-2-1-3-5-16/h1-9H,10-15H2,(H,23,28). The van der Waals surface area contributed by atoms with Crippen LogP contribution < -0.4 is 5.32 Å². The van der Waals surface area contributed by atoms with Crippen molar-refractivity contribution in [2.45, 2.75) is 18.2 Å². The average molecular weight is 444 g/mol. The molecule has 156 valence electrons. The van der Waals surface area contributed by atoms with Crippen LogP contribution in [-0.4, -0.2) is 51.2 Å². The number of aromatic nitrogens is 3. The predicted octanol–water partition coefficient (Wildman–Crippen LogP) is 3.75. The lowest BCUT2D eigenvalue weighted by Crippen LogP contribution is -2.36. The van der Waals surface area contributed by atoms with Gasteiger partial charge in [0.2, 0.25) is 5.16 Å². The van der Waals surface area contributed by atoms with Crippen molar-refractivity contribution in [3.05, 3.63) is 71.0 Å². The van der Waals surface area contributed by atoms with E-state index in [2.05, 4.69) is 20.4 Å². The van der Waals surface area contributed by atoms with Crippen molar-refractivity contribution in [2.75, 3.05) is 26.3 Å². The van der Waals surface area contributed by atoms with Gasteiger partial charge in [-0.1, -0.05) is 41.9 Å². The quantitative estimate of drug-likeness (QED) is 0.585. The highest BCUT2D eigenvalue weighted by atomic mass is 35.5. The molecule has 0 radical (unpaired) electrons. The highest BCUT2D eigenvalue weighted by Gasteiger charge is 2.20. The Morgan fingerprint density at radius 3 is 2.53 bits per heavy atom. The normalized spacial score (nSPS) is 14.6. The van der Waals surface area contributed by atoms with E-state index < -0.39 is 0 Å². The van der Waals surface area contributed by atoms with Gasteiger partial charge in [0.25, 0.3) is 5.24 Å². The van der Waals surface area contributed by atoms with Crippen molar-refractivity contribution in [1.82, 2.24) is 25.0 Å². The van der Waals surface area contributed by atoms with Gasteiger partial charge in [-0.25, -0.2) is 0 Å². The molecule has 30 heavy (non-hydrogen) atoms. The maximum Gasteiger partial charge on any atom is 0.287 e. The van der Waals surface area contributed by atoms with Gasteiger partial charge in [0.1, 0.15) is 0 Å². The van der Waals surface area contributed by atoms with Gasteiger partial charge in [0.05, 0.1) is 19.8 Å². The zero-order chi connectivity index (χ0) is 20.8. The van der Waals surface area contributed by atoms with Gasteiger partial charge in [-0.05, 0) is 29.8 Å². The van der Waals surface area contributed by atoms with Gasteiger partial charge >= 0.3 is 0 Å². The highest BCUT2D eigenvalue weighted by Crippen LogP contribution is 2.24. The summed E-state index contributed by atoms with van der Waals surface area (Å²) < 4.78 is 7.35. The summed E-state index contributed by atoms with van der Waals surface area (Å²) in [6, 6.07) is 17.2. The highest BCUT2D eigenvalue weighted by molar-refractivity contribution is 8.13. The summed E-state index contributed by atoms with van der Waals surface area (Å²) in [5.41, 5.74) is 1.91. The second-order valence-corrected chi connectivity index (χ2v) is 8.20. The number of halogens is 1. The first-order valence-corrected chi connectivity index (χ1v) is 10.9. The predicted molar refractivity (Wildman–Crippen MR) is 117 cm³/mol. The van der Waals surface area contributed by atoms with E-state index in [4.69, 9.17) is 16.3 Å². The number of hydrogen-bond donors (Lipinski definition) is 1. The maximum absolute atomic E-state index is 12.5. The molecule has 1 N–H and O–H groups in total. The van der Waals surface area contributed by atoms with Gasteiger partial charge in [-0.2, -0.15) is 0 Å². The maximum atomic E-state index is 12.5. The van der Waals surface area contributed by atoms with E-state index in [1.54, 1.807) is 0 Å². The zero-order valence-electron chi connectivity index (χ0n) is 16.3. The Morgan fingerprint density at radius 1 is 1.07 bits per heavy atom. The minimum Gasteiger partial charge on any atom is -0.379 e. The van der Waals surface area contributed by atoms with Gasteiger partial charge in [-0.15, -0.1) is 10.2 Å². The molecule has 1 amide bonds. The number of carbonyl (C=O) groups excluding carboxylic acids is 1. The van der Waals surface area contributed by atoms with Crippen LogP contribution in [0.25, 0.3) is 5.69 Å². The average Bonchev–Trinajstić information content (AvgIpc) is 3.16. The molecule has 7 nitrogen and oxygen atoms in total. The van der Waals surface area contributed by atoms with Crippen LogP contribution in [0.3, 0.4) is 0 Å². The number of rotatable bonds is 6. The molecule has 0 saturated carbocycles. The van der Waals surface area contributed by atoms with E-state index in [0.29, 0.717) is 36.5 Å². The van der Waals surface area contributed by atoms with Gasteiger partial charge < -0.3 is 10.1 Å². The third kappa shape index (κ3) is 5.40. The Kier molecular flexibility index (Phi) is 7.01. The third-order valence-corrected chi connectivity index (χ3v) is 5.75. The number of nitrogens with one attached hydrogen (secondary N) is 1. The summed E-state index contributed by atoms with van der Waals surface area (Å²) in [5.74, 6) is 0.776. The largest absolute Gasteiger partial charge is 0.379 e. The number of ether oxygens (including phenoxy) is 1. The molecule has 1 aromatic heterocycles. The first-order chi connectivity index (χ1) is 14.7. The number of morpholine rings is 1. The summed E-state index contributed by atoms with van der Waals surface area (Å²) in [6.45, 7) is 4.19. The zero-order valence-corrected chi connectivity index (χ0v) is 17.9. The molecule has 0 bridgehead atoms. The number of thioether (sulfide) groups is 1. The Balaban J connectivity index is 1.52. The molecule has 2 aromatic carbocycles. The van der Waals surface area contributed by atoms with E-state index in [1.165, 1.54) is 0 Å². The molecule has 1 aliphatic heterocycles. The molecule has 0 atom stereocenters.